The van der Waals surface area contributed by atoms with Crippen LogP contribution in [-0.2, 0) is 11.8 Å². The summed E-state index contributed by atoms with van der Waals surface area (Å²) in [6, 6.07) is -0.872. The van der Waals surface area contributed by atoms with Gasteiger partial charge in [-0.25, -0.2) is 5.48 Å². The number of carbonyl (C=O) groups is 1. The minimum atomic E-state index is -0.872. The van der Waals surface area contributed by atoms with Gasteiger partial charge in [0.25, 0.3) is 5.91 Å². The van der Waals surface area contributed by atoms with Gasteiger partial charge >= 0.3 is 0 Å². The Kier molecular flexibility index (Phi) is 2.41. The summed E-state index contributed by atoms with van der Waals surface area (Å²) < 4.78 is 1.53. The summed E-state index contributed by atoms with van der Waals surface area (Å²) in [5.74, 6) is -0.650. The molecule has 0 bridgehead atoms. The van der Waals surface area contributed by atoms with E-state index in [0.29, 0.717) is 5.56 Å². The van der Waals surface area contributed by atoms with Crippen molar-refractivity contribution in [3.05, 3.63) is 18.0 Å². The van der Waals surface area contributed by atoms with Crippen LogP contribution in [0.1, 0.15) is 11.6 Å². The zero-order chi connectivity index (χ0) is 9.14. The maximum atomic E-state index is 10.8. The minimum Gasteiger partial charge on any atom is -0.316 e. The first-order valence-electron chi connectivity index (χ1n) is 3.33. The number of aromatic nitrogens is 2. The van der Waals surface area contributed by atoms with Crippen molar-refractivity contribution in [1.29, 1.82) is 0 Å². The predicted molar refractivity (Wildman–Crippen MR) is 40.1 cm³/mol. The van der Waals surface area contributed by atoms with Gasteiger partial charge in [-0.05, 0) is 0 Å². The molecule has 1 atom stereocenters. The largest absolute Gasteiger partial charge is 0.316 e. The lowest BCUT2D eigenvalue weighted by atomic mass is 10.2. The number of nitrogens with two attached hydrogens (primary N) is 1. The van der Waals surface area contributed by atoms with Crippen LogP contribution in [0.25, 0.3) is 0 Å². The molecule has 6 heteroatoms. The van der Waals surface area contributed by atoms with Gasteiger partial charge in [0.1, 0.15) is 6.04 Å². The molecule has 0 aliphatic heterocycles. The van der Waals surface area contributed by atoms with Gasteiger partial charge in [-0.2, -0.15) is 5.10 Å². The van der Waals surface area contributed by atoms with E-state index in [2.05, 4.69) is 5.10 Å². The van der Waals surface area contributed by atoms with E-state index in [1.165, 1.54) is 16.4 Å². The van der Waals surface area contributed by atoms with Crippen molar-refractivity contribution in [2.24, 2.45) is 12.8 Å². The third kappa shape index (κ3) is 1.60. The molecule has 0 radical (unpaired) electrons. The van der Waals surface area contributed by atoms with E-state index >= 15 is 0 Å². The van der Waals surface area contributed by atoms with Crippen molar-refractivity contribution < 1.29 is 10.0 Å². The van der Waals surface area contributed by atoms with Crippen LogP contribution in [-0.4, -0.2) is 20.9 Å². The molecule has 6 nitrogen and oxygen atoms in total. The Bertz CT molecular complexity index is 283. The van der Waals surface area contributed by atoms with Gasteiger partial charge in [0.05, 0.1) is 6.20 Å². The molecular formula is C6H10N4O2. The van der Waals surface area contributed by atoms with E-state index in [4.69, 9.17) is 10.9 Å². The van der Waals surface area contributed by atoms with Gasteiger partial charge in [0, 0.05) is 18.8 Å². The second-order valence-corrected chi connectivity index (χ2v) is 2.40. The van der Waals surface area contributed by atoms with Gasteiger partial charge in [-0.15, -0.1) is 0 Å². The van der Waals surface area contributed by atoms with Crippen LogP contribution < -0.4 is 11.2 Å². The van der Waals surface area contributed by atoms with E-state index in [-0.39, 0.29) is 0 Å². The molecule has 0 fully saturated rings. The van der Waals surface area contributed by atoms with Crippen molar-refractivity contribution in [3.8, 4) is 0 Å². The van der Waals surface area contributed by atoms with Crippen LogP contribution in [0.15, 0.2) is 12.4 Å². The van der Waals surface area contributed by atoms with Crippen molar-refractivity contribution in [2.45, 2.75) is 6.04 Å². The number of aryl methyl sites for hydroxylation is 1. The molecule has 1 amide bonds. The summed E-state index contributed by atoms with van der Waals surface area (Å²) in [5.41, 5.74) is 7.47. The Labute approximate surface area is 68.9 Å². The Morgan fingerprint density at radius 2 is 2.58 bits per heavy atom. The quantitative estimate of drug-likeness (QED) is 0.389. The lowest BCUT2D eigenvalue weighted by molar-refractivity contribution is -0.130. The van der Waals surface area contributed by atoms with Gasteiger partial charge in [-0.1, -0.05) is 0 Å². The average molecular weight is 170 g/mol. The zero-order valence-corrected chi connectivity index (χ0v) is 6.56. The number of hydrogen-bond donors (Lipinski definition) is 3. The number of rotatable bonds is 2. The summed E-state index contributed by atoms with van der Waals surface area (Å²) in [6.45, 7) is 0. The van der Waals surface area contributed by atoms with Crippen LogP contribution in [0.2, 0.25) is 0 Å². The summed E-state index contributed by atoms with van der Waals surface area (Å²) in [4.78, 5) is 10.8. The van der Waals surface area contributed by atoms with E-state index in [9.17, 15) is 4.79 Å². The Balaban J connectivity index is 2.77. The highest BCUT2D eigenvalue weighted by Gasteiger charge is 2.15. The summed E-state index contributed by atoms with van der Waals surface area (Å²) >= 11 is 0. The molecule has 1 rings (SSSR count). The van der Waals surface area contributed by atoms with E-state index in [1.807, 2.05) is 0 Å². The van der Waals surface area contributed by atoms with Crippen molar-refractivity contribution >= 4 is 5.91 Å². The predicted octanol–water partition coefficient (Wildman–Crippen LogP) is -1.07. The molecular weight excluding hydrogens is 160 g/mol. The fourth-order valence-corrected chi connectivity index (χ4v) is 0.822. The molecule has 0 aliphatic carbocycles. The molecule has 0 saturated heterocycles. The summed E-state index contributed by atoms with van der Waals surface area (Å²) in [5, 5.41) is 12.1. The third-order valence-corrected chi connectivity index (χ3v) is 1.48. The standard InChI is InChI=1S/C6H10N4O2/c1-10-3-4(2-8-10)5(7)6(11)9-12/h2-3,5,12H,7H2,1H3,(H,9,11). The van der Waals surface area contributed by atoms with E-state index in [0.717, 1.165) is 0 Å². The Hall–Kier alpha value is -1.40. The van der Waals surface area contributed by atoms with Gasteiger partial charge in [0.2, 0.25) is 0 Å². The highest BCUT2D eigenvalue weighted by Crippen LogP contribution is 2.07. The van der Waals surface area contributed by atoms with Crippen LogP contribution in [0.5, 0.6) is 0 Å². The second kappa shape index (κ2) is 3.33. The molecule has 1 aromatic rings. The number of nitrogens with zero attached hydrogens (tertiary/aromatic N) is 2. The molecule has 66 valence electrons. The van der Waals surface area contributed by atoms with Crippen LogP contribution in [0.4, 0.5) is 0 Å². The molecule has 1 heterocycles. The highest BCUT2D eigenvalue weighted by atomic mass is 16.5. The zero-order valence-electron chi connectivity index (χ0n) is 6.56. The van der Waals surface area contributed by atoms with Crippen molar-refractivity contribution in [2.75, 3.05) is 0 Å². The lowest BCUT2D eigenvalue weighted by Crippen LogP contribution is -2.31. The summed E-state index contributed by atoms with van der Waals surface area (Å²) in [7, 11) is 1.72. The number of hydroxylamine groups is 1. The maximum Gasteiger partial charge on any atom is 0.264 e. The molecule has 0 aromatic carbocycles. The fraction of sp³-hybridized carbons (Fsp3) is 0.333. The second-order valence-electron chi connectivity index (χ2n) is 2.40. The van der Waals surface area contributed by atoms with E-state index in [1.54, 1.807) is 13.2 Å². The number of hydrogen-bond acceptors (Lipinski definition) is 4. The van der Waals surface area contributed by atoms with Gasteiger partial charge < -0.3 is 5.73 Å². The third-order valence-electron chi connectivity index (χ3n) is 1.48. The fourth-order valence-electron chi connectivity index (χ4n) is 0.822. The Morgan fingerprint density at radius 1 is 1.92 bits per heavy atom. The van der Waals surface area contributed by atoms with Gasteiger partial charge in [0.15, 0.2) is 0 Å². The SMILES string of the molecule is Cn1cc(C(N)C(=O)NO)cn1. The molecule has 4 N–H and O–H groups in total. The van der Waals surface area contributed by atoms with Crippen LogP contribution >= 0.6 is 0 Å². The van der Waals surface area contributed by atoms with E-state index < -0.39 is 11.9 Å². The molecule has 0 aliphatic rings. The van der Waals surface area contributed by atoms with Crippen LogP contribution in [0.3, 0.4) is 0 Å². The first kappa shape index (κ1) is 8.69. The smallest absolute Gasteiger partial charge is 0.264 e. The average Bonchev–Trinajstić information content (AvgIpc) is 2.49. The minimum absolute atomic E-state index is 0.559. The van der Waals surface area contributed by atoms with Crippen molar-refractivity contribution in [3.63, 3.8) is 0 Å². The molecule has 1 unspecified atom stereocenters. The van der Waals surface area contributed by atoms with Crippen LogP contribution in [0, 0.1) is 0 Å². The monoisotopic (exact) mass is 170 g/mol. The maximum absolute atomic E-state index is 10.8. The Morgan fingerprint density at radius 3 is 3.00 bits per heavy atom. The molecule has 0 saturated carbocycles. The first-order valence-corrected chi connectivity index (χ1v) is 3.33. The molecule has 1 aromatic heterocycles. The lowest BCUT2D eigenvalue weighted by Gasteiger charge is -2.04. The van der Waals surface area contributed by atoms with Crippen molar-refractivity contribution in [1.82, 2.24) is 15.3 Å². The summed E-state index contributed by atoms with van der Waals surface area (Å²) in [6.07, 6.45) is 3.08. The highest BCUT2D eigenvalue weighted by molar-refractivity contribution is 5.81. The first-order chi connectivity index (χ1) is 5.65. The number of amides is 1. The molecule has 12 heavy (non-hydrogen) atoms. The van der Waals surface area contributed by atoms with Gasteiger partial charge in [-0.3, -0.25) is 14.7 Å². The number of carbonyl (C=O) groups excluding carboxylic acids is 1. The normalized spacial score (nSPS) is 12.6. The number of nitrogens with one attached hydrogen (secondary N) is 1. The molecule has 0 spiro atoms. The topological polar surface area (TPSA) is 93.2 Å².